The van der Waals surface area contributed by atoms with Crippen molar-refractivity contribution in [2.24, 2.45) is 11.1 Å². The van der Waals surface area contributed by atoms with Gasteiger partial charge in [0.2, 0.25) is 0 Å². The van der Waals surface area contributed by atoms with Gasteiger partial charge in [-0.1, -0.05) is 6.92 Å². The molecule has 0 aliphatic rings. The van der Waals surface area contributed by atoms with Gasteiger partial charge in [-0.05, 0) is 13.3 Å². The molecule has 4 nitrogen and oxygen atoms in total. The fourth-order valence-corrected chi connectivity index (χ4v) is 0.586. The number of ether oxygens (including phenoxy) is 1. The largest absolute Gasteiger partial charge is 0.466 e. The molecule has 0 bridgehead atoms. The molecule has 0 saturated carbocycles. The fourth-order valence-electron chi connectivity index (χ4n) is 0.586. The quantitative estimate of drug-likeness (QED) is 0.288. The summed E-state index contributed by atoms with van der Waals surface area (Å²) < 4.78 is 4.72. The van der Waals surface area contributed by atoms with Crippen LogP contribution in [-0.2, 0) is 9.53 Å². The lowest BCUT2D eigenvalue weighted by molar-refractivity contribution is -0.147. The molecule has 0 rings (SSSR count). The average Bonchev–Trinajstić information content (AvgIpc) is 2.00. The van der Waals surface area contributed by atoms with Gasteiger partial charge in [0.1, 0.15) is 0 Å². The first-order chi connectivity index (χ1) is 5.22. The summed E-state index contributed by atoms with van der Waals surface area (Å²) in [5.41, 5.74) is 0. The molecule has 0 aromatic heterocycles. The summed E-state index contributed by atoms with van der Waals surface area (Å²) in [6, 6.07) is 0. The minimum atomic E-state index is -0.257. The van der Waals surface area contributed by atoms with E-state index in [2.05, 4.69) is 5.16 Å². The number of hydrogen-bond donors (Lipinski definition) is 1. The Morgan fingerprint density at radius 1 is 1.82 bits per heavy atom. The second kappa shape index (κ2) is 5.70. The minimum Gasteiger partial charge on any atom is -0.466 e. The van der Waals surface area contributed by atoms with E-state index in [9.17, 15) is 4.79 Å². The van der Waals surface area contributed by atoms with Gasteiger partial charge in [0.25, 0.3) is 0 Å². The van der Waals surface area contributed by atoms with E-state index in [1.165, 1.54) is 6.21 Å². The highest BCUT2D eigenvalue weighted by Gasteiger charge is 2.11. The Balaban J connectivity index is 3.63. The number of carbonyl (C=O) groups is 1. The Labute approximate surface area is 65.8 Å². The summed E-state index contributed by atoms with van der Waals surface area (Å²) in [7, 11) is 0. The molecule has 64 valence electrons. The molecule has 0 saturated heterocycles. The molecule has 1 unspecified atom stereocenters. The molecule has 1 atom stereocenters. The van der Waals surface area contributed by atoms with Crippen molar-refractivity contribution in [1.82, 2.24) is 0 Å². The molecule has 0 amide bonds. The van der Waals surface area contributed by atoms with Crippen LogP contribution in [0.15, 0.2) is 5.16 Å². The summed E-state index contributed by atoms with van der Waals surface area (Å²) in [5, 5.41) is 10.8. The first-order valence-electron chi connectivity index (χ1n) is 3.54. The van der Waals surface area contributed by atoms with Crippen molar-refractivity contribution in [2.75, 3.05) is 6.61 Å². The normalized spacial score (nSPS) is 13.3. The number of hydrogen-bond acceptors (Lipinski definition) is 4. The van der Waals surface area contributed by atoms with Crippen LogP contribution in [0.1, 0.15) is 20.3 Å². The lowest BCUT2D eigenvalue weighted by Gasteiger charge is -2.05. The zero-order valence-corrected chi connectivity index (χ0v) is 6.78. The van der Waals surface area contributed by atoms with Gasteiger partial charge in [-0.2, -0.15) is 0 Å². The van der Waals surface area contributed by atoms with Crippen molar-refractivity contribution in [1.29, 1.82) is 0 Å². The van der Waals surface area contributed by atoms with Gasteiger partial charge in [0.05, 0.1) is 12.5 Å². The van der Waals surface area contributed by atoms with Gasteiger partial charge in [0, 0.05) is 6.21 Å². The molecular weight excluding hydrogens is 146 g/mol. The lowest BCUT2D eigenvalue weighted by Crippen LogP contribution is -2.14. The summed E-state index contributed by atoms with van der Waals surface area (Å²) in [6.45, 7) is 3.86. The van der Waals surface area contributed by atoms with Gasteiger partial charge >= 0.3 is 5.97 Å². The van der Waals surface area contributed by atoms with Crippen molar-refractivity contribution in [3.63, 3.8) is 0 Å². The topological polar surface area (TPSA) is 58.9 Å². The summed E-state index contributed by atoms with van der Waals surface area (Å²) in [4.78, 5) is 10.9. The van der Waals surface area contributed by atoms with Crippen LogP contribution in [0, 0.1) is 5.92 Å². The number of carbonyl (C=O) groups excluding carboxylic acids is 1. The standard InChI is InChI=1S/C7H13NO3/c1-3-11-7(9)6(2)4-5-8-10/h5-6,10H,3-4H2,1-2H3. The predicted octanol–water partition coefficient (Wildman–Crippen LogP) is 1.04. The molecule has 0 radical (unpaired) electrons. The van der Waals surface area contributed by atoms with E-state index in [1.807, 2.05) is 0 Å². The van der Waals surface area contributed by atoms with Crippen LogP contribution in [0.3, 0.4) is 0 Å². The molecule has 4 heteroatoms. The minimum absolute atomic E-state index is 0.231. The van der Waals surface area contributed by atoms with Crippen molar-refractivity contribution < 1.29 is 14.7 Å². The first-order valence-corrected chi connectivity index (χ1v) is 3.54. The molecule has 1 N–H and O–H groups in total. The van der Waals surface area contributed by atoms with Crippen LogP contribution < -0.4 is 0 Å². The third-order valence-electron chi connectivity index (χ3n) is 1.23. The van der Waals surface area contributed by atoms with Crippen molar-refractivity contribution in [3.8, 4) is 0 Å². The number of oxime groups is 1. The maximum Gasteiger partial charge on any atom is 0.309 e. The number of esters is 1. The molecule has 11 heavy (non-hydrogen) atoms. The molecule has 0 aliphatic carbocycles. The Hall–Kier alpha value is -1.06. The highest BCUT2D eigenvalue weighted by Crippen LogP contribution is 2.01. The van der Waals surface area contributed by atoms with Gasteiger partial charge in [0.15, 0.2) is 0 Å². The second-order valence-corrected chi connectivity index (χ2v) is 2.19. The molecule has 0 aromatic rings. The Bertz CT molecular complexity index is 145. The molecule has 0 spiro atoms. The molecule has 0 fully saturated rings. The molecular formula is C7H13NO3. The molecule has 0 heterocycles. The summed E-state index contributed by atoms with van der Waals surface area (Å²) >= 11 is 0. The maximum absolute atomic E-state index is 10.9. The van der Waals surface area contributed by atoms with Gasteiger partial charge < -0.3 is 9.94 Å². The van der Waals surface area contributed by atoms with E-state index in [1.54, 1.807) is 13.8 Å². The van der Waals surface area contributed by atoms with Crippen molar-refractivity contribution in [2.45, 2.75) is 20.3 Å². The van der Waals surface area contributed by atoms with Crippen molar-refractivity contribution in [3.05, 3.63) is 0 Å². The zero-order valence-electron chi connectivity index (χ0n) is 6.78. The summed E-state index contributed by atoms with van der Waals surface area (Å²) in [5.74, 6) is -0.488. The van der Waals surface area contributed by atoms with Crippen LogP contribution in [0.25, 0.3) is 0 Å². The van der Waals surface area contributed by atoms with E-state index in [0.29, 0.717) is 13.0 Å². The highest BCUT2D eigenvalue weighted by atomic mass is 16.5. The summed E-state index contributed by atoms with van der Waals surface area (Å²) in [6.07, 6.45) is 1.69. The van der Waals surface area contributed by atoms with E-state index in [4.69, 9.17) is 9.94 Å². The monoisotopic (exact) mass is 159 g/mol. The van der Waals surface area contributed by atoms with Gasteiger partial charge in [-0.15, -0.1) is 5.16 Å². The highest BCUT2D eigenvalue weighted by molar-refractivity contribution is 5.75. The van der Waals surface area contributed by atoms with Crippen LogP contribution >= 0.6 is 0 Å². The predicted molar refractivity (Wildman–Crippen MR) is 40.7 cm³/mol. The van der Waals surface area contributed by atoms with Gasteiger partial charge in [-0.3, -0.25) is 4.79 Å². The number of nitrogens with zero attached hydrogens (tertiary/aromatic N) is 1. The Kier molecular flexibility index (Phi) is 5.15. The van der Waals surface area contributed by atoms with Crippen LogP contribution in [0.2, 0.25) is 0 Å². The SMILES string of the molecule is CCOC(=O)C(C)CC=NO. The fraction of sp³-hybridized carbons (Fsp3) is 0.714. The first kappa shape index (κ1) is 9.94. The lowest BCUT2D eigenvalue weighted by atomic mass is 10.1. The maximum atomic E-state index is 10.9. The molecule has 0 aliphatic heterocycles. The van der Waals surface area contributed by atoms with Crippen LogP contribution in [-0.4, -0.2) is 24.0 Å². The van der Waals surface area contributed by atoms with Crippen molar-refractivity contribution >= 4 is 12.2 Å². The Morgan fingerprint density at radius 2 is 2.45 bits per heavy atom. The Morgan fingerprint density at radius 3 is 2.91 bits per heavy atom. The van der Waals surface area contributed by atoms with E-state index in [-0.39, 0.29) is 11.9 Å². The third kappa shape index (κ3) is 4.36. The zero-order chi connectivity index (χ0) is 8.69. The molecule has 0 aromatic carbocycles. The van der Waals surface area contributed by atoms with Crippen LogP contribution in [0.4, 0.5) is 0 Å². The van der Waals surface area contributed by atoms with E-state index < -0.39 is 0 Å². The van der Waals surface area contributed by atoms with Crippen LogP contribution in [0.5, 0.6) is 0 Å². The van der Waals surface area contributed by atoms with E-state index >= 15 is 0 Å². The smallest absolute Gasteiger partial charge is 0.309 e. The van der Waals surface area contributed by atoms with Gasteiger partial charge in [-0.25, -0.2) is 0 Å². The second-order valence-electron chi connectivity index (χ2n) is 2.19. The average molecular weight is 159 g/mol. The third-order valence-corrected chi connectivity index (χ3v) is 1.23. The van der Waals surface area contributed by atoms with E-state index in [0.717, 1.165) is 0 Å². The number of rotatable bonds is 4.